The standard InChI is InChI=1S/C16H18BNO4/c18-7-2-8-20-13-3-1-4-14(9-13)22-15-6-5-12-11-21-17(19)16(12)10-15/h1,3-6,9-10,19H,2,7-8,11,18H2. The Morgan fingerprint density at radius 1 is 1.14 bits per heavy atom. The molecule has 3 rings (SSSR count). The molecule has 1 heterocycles. The third-order valence-corrected chi connectivity index (χ3v) is 3.44. The van der Waals surface area contributed by atoms with Crippen molar-refractivity contribution in [3.05, 3.63) is 48.0 Å². The maximum absolute atomic E-state index is 9.73. The van der Waals surface area contributed by atoms with E-state index in [-0.39, 0.29) is 0 Å². The molecular weight excluding hydrogens is 281 g/mol. The average Bonchev–Trinajstić information content (AvgIpc) is 2.89. The molecule has 2 aromatic carbocycles. The minimum atomic E-state index is -0.871. The fourth-order valence-corrected chi connectivity index (χ4v) is 2.29. The molecule has 0 aliphatic carbocycles. The Hall–Kier alpha value is -2.02. The van der Waals surface area contributed by atoms with Gasteiger partial charge in [0.05, 0.1) is 13.2 Å². The molecule has 0 unspecified atom stereocenters. The Bertz CT molecular complexity index is 650. The van der Waals surface area contributed by atoms with Crippen molar-refractivity contribution in [3.63, 3.8) is 0 Å². The molecule has 0 aromatic heterocycles. The fraction of sp³-hybridized carbons (Fsp3) is 0.250. The van der Waals surface area contributed by atoms with Crippen molar-refractivity contribution in [2.45, 2.75) is 13.0 Å². The summed E-state index contributed by atoms with van der Waals surface area (Å²) < 4.78 is 16.6. The summed E-state index contributed by atoms with van der Waals surface area (Å²) in [5.74, 6) is 2.08. The number of ether oxygens (including phenoxy) is 2. The molecule has 0 spiro atoms. The predicted octanol–water partition coefficient (Wildman–Crippen LogP) is 1.42. The van der Waals surface area contributed by atoms with Crippen molar-refractivity contribution in [3.8, 4) is 17.2 Å². The number of nitrogens with two attached hydrogens (primary N) is 1. The molecule has 0 amide bonds. The molecule has 114 valence electrons. The molecule has 0 fully saturated rings. The van der Waals surface area contributed by atoms with Crippen LogP contribution in [0.5, 0.6) is 17.2 Å². The van der Waals surface area contributed by atoms with Gasteiger partial charge in [0.2, 0.25) is 0 Å². The van der Waals surface area contributed by atoms with Gasteiger partial charge in [0.15, 0.2) is 0 Å². The van der Waals surface area contributed by atoms with Gasteiger partial charge in [-0.1, -0.05) is 12.1 Å². The SMILES string of the molecule is NCCCOc1cccc(Oc2ccc3c(c2)B(O)OC3)c1. The minimum Gasteiger partial charge on any atom is -0.493 e. The number of rotatable bonds is 6. The van der Waals surface area contributed by atoms with E-state index >= 15 is 0 Å². The molecule has 3 N–H and O–H groups in total. The summed E-state index contributed by atoms with van der Waals surface area (Å²) in [6.07, 6.45) is 0.813. The van der Waals surface area contributed by atoms with Crippen LogP contribution in [-0.2, 0) is 11.3 Å². The first-order chi connectivity index (χ1) is 10.8. The van der Waals surface area contributed by atoms with E-state index < -0.39 is 7.12 Å². The molecule has 0 saturated carbocycles. The van der Waals surface area contributed by atoms with Gasteiger partial charge >= 0.3 is 7.12 Å². The molecular formula is C16H18BNO4. The van der Waals surface area contributed by atoms with Gasteiger partial charge in [0.25, 0.3) is 0 Å². The van der Waals surface area contributed by atoms with E-state index in [0.717, 1.165) is 23.2 Å². The first kappa shape index (κ1) is 14.9. The highest BCUT2D eigenvalue weighted by atomic mass is 16.5. The lowest BCUT2D eigenvalue weighted by Gasteiger charge is -2.10. The van der Waals surface area contributed by atoms with Crippen molar-refractivity contribution in [2.75, 3.05) is 13.2 Å². The van der Waals surface area contributed by atoms with Crippen molar-refractivity contribution < 1.29 is 19.2 Å². The number of hydrogen-bond donors (Lipinski definition) is 2. The van der Waals surface area contributed by atoms with Crippen LogP contribution in [0.25, 0.3) is 0 Å². The topological polar surface area (TPSA) is 73.9 Å². The van der Waals surface area contributed by atoms with Gasteiger partial charge in [-0.15, -0.1) is 0 Å². The van der Waals surface area contributed by atoms with Gasteiger partial charge in [-0.25, -0.2) is 0 Å². The Labute approximate surface area is 129 Å². The predicted molar refractivity (Wildman–Crippen MR) is 84.5 cm³/mol. The van der Waals surface area contributed by atoms with Crippen molar-refractivity contribution >= 4 is 12.6 Å². The molecule has 0 saturated heterocycles. The van der Waals surface area contributed by atoms with Crippen LogP contribution in [0.3, 0.4) is 0 Å². The van der Waals surface area contributed by atoms with Crippen molar-refractivity contribution in [1.82, 2.24) is 0 Å². The van der Waals surface area contributed by atoms with Crippen LogP contribution in [0, 0.1) is 0 Å². The smallest absolute Gasteiger partial charge is 0.491 e. The van der Waals surface area contributed by atoms with Gasteiger partial charge in [-0.05, 0) is 48.3 Å². The Kier molecular flexibility index (Phi) is 4.63. The van der Waals surface area contributed by atoms with E-state index in [0.29, 0.717) is 31.3 Å². The van der Waals surface area contributed by atoms with Crippen molar-refractivity contribution in [1.29, 1.82) is 0 Å². The van der Waals surface area contributed by atoms with Gasteiger partial charge in [-0.3, -0.25) is 0 Å². The lowest BCUT2D eigenvalue weighted by molar-refractivity contribution is 0.275. The molecule has 0 atom stereocenters. The van der Waals surface area contributed by atoms with Crippen LogP contribution in [0.15, 0.2) is 42.5 Å². The summed E-state index contributed by atoms with van der Waals surface area (Å²) in [6.45, 7) is 1.62. The average molecular weight is 299 g/mol. The van der Waals surface area contributed by atoms with Crippen LogP contribution in [0.2, 0.25) is 0 Å². The van der Waals surface area contributed by atoms with E-state index in [2.05, 4.69) is 0 Å². The largest absolute Gasteiger partial charge is 0.493 e. The Morgan fingerprint density at radius 2 is 1.95 bits per heavy atom. The zero-order valence-electron chi connectivity index (χ0n) is 12.2. The maximum atomic E-state index is 9.73. The lowest BCUT2D eigenvalue weighted by Crippen LogP contribution is -2.27. The zero-order valence-corrected chi connectivity index (χ0v) is 12.2. The van der Waals surface area contributed by atoms with Crippen LogP contribution in [0.1, 0.15) is 12.0 Å². The van der Waals surface area contributed by atoms with E-state index in [1.54, 1.807) is 6.07 Å². The van der Waals surface area contributed by atoms with Crippen LogP contribution in [0.4, 0.5) is 0 Å². The van der Waals surface area contributed by atoms with Gasteiger partial charge in [0.1, 0.15) is 17.2 Å². The van der Waals surface area contributed by atoms with Crippen molar-refractivity contribution in [2.24, 2.45) is 5.73 Å². The lowest BCUT2D eigenvalue weighted by atomic mass is 9.79. The second kappa shape index (κ2) is 6.83. The molecule has 1 aliphatic heterocycles. The first-order valence-corrected chi connectivity index (χ1v) is 7.29. The van der Waals surface area contributed by atoms with Gasteiger partial charge in [-0.2, -0.15) is 0 Å². The maximum Gasteiger partial charge on any atom is 0.491 e. The summed E-state index contributed by atoms with van der Waals surface area (Å²) in [5.41, 5.74) is 7.19. The summed E-state index contributed by atoms with van der Waals surface area (Å²) in [4.78, 5) is 0. The van der Waals surface area contributed by atoms with E-state index in [1.807, 2.05) is 36.4 Å². The molecule has 6 heteroatoms. The van der Waals surface area contributed by atoms with E-state index in [4.69, 9.17) is 19.9 Å². The first-order valence-electron chi connectivity index (χ1n) is 7.29. The monoisotopic (exact) mass is 299 g/mol. The molecule has 0 bridgehead atoms. The second-order valence-corrected chi connectivity index (χ2v) is 5.09. The Morgan fingerprint density at radius 3 is 2.82 bits per heavy atom. The molecule has 22 heavy (non-hydrogen) atoms. The van der Waals surface area contributed by atoms with Gasteiger partial charge in [0, 0.05) is 6.07 Å². The molecule has 0 radical (unpaired) electrons. The fourth-order valence-electron chi connectivity index (χ4n) is 2.29. The summed E-state index contributed by atoms with van der Waals surface area (Å²) in [7, 11) is -0.871. The third-order valence-electron chi connectivity index (χ3n) is 3.44. The highest BCUT2D eigenvalue weighted by Gasteiger charge is 2.27. The van der Waals surface area contributed by atoms with Crippen LogP contribution < -0.4 is 20.7 Å². The number of benzene rings is 2. The van der Waals surface area contributed by atoms with Crippen LogP contribution in [-0.4, -0.2) is 25.3 Å². The zero-order chi connectivity index (χ0) is 15.4. The van der Waals surface area contributed by atoms with E-state index in [9.17, 15) is 5.02 Å². The summed E-state index contributed by atoms with van der Waals surface area (Å²) >= 11 is 0. The highest BCUT2D eigenvalue weighted by Crippen LogP contribution is 2.26. The molecule has 1 aliphatic rings. The molecule has 2 aromatic rings. The minimum absolute atomic E-state index is 0.432. The highest BCUT2D eigenvalue weighted by molar-refractivity contribution is 6.61. The number of hydrogen-bond acceptors (Lipinski definition) is 5. The van der Waals surface area contributed by atoms with Gasteiger partial charge < -0.3 is 24.9 Å². The second-order valence-electron chi connectivity index (χ2n) is 5.09. The molecule has 5 nitrogen and oxygen atoms in total. The van der Waals surface area contributed by atoms with Crippen LogP contribution >= 0.6 is 0 Å². The normalized spacial score (nSPS) is 13.1. The Balaban J connectivity index is 1.70. The summed E-state index contributed by atoms with van der Waals surface area (Å²) in [6, 6.07) is 13.0. The van der Waals surface area contributed by atoms with E-state index in [1.165, 1.54) is 0 Å². The summed E-state index contributed by atoms with van der Waals surface area (Å²) in [5, 5.41) is 9.73. The third kappa shape index (κ3) is 3.41. The quantitative estimate of drug-likeness (QED) is 0.623. The number of fused-ring (bicyclic) bond motifs is 1.